The van der Waals surface area contributed by atoms with Gasteiger partial charge in [-0.05, 0) is 62.1 Å². The highest BCUT2D eigenvalue weighted by atomic mass is 32.2. The van der Waals surface area contributed by atoms with E-state index in [9.17, 15) is 4.79 Å². The fourth-order valence-electron chi connectivity index (χ4n) is 2.78. The Labute approximate surface area is 179 Å². The smallest absolute Gasteiger partial charge is 0.347 e. The Hall–Kier alpha value is -2.20. The van der Waals surface area contributed by atoms with Gasteiger partial charge in [-0.25, -0.2) is 4.79 Å². The van der Waals surface area contributed by atoms with E-state index >= 15 is 0 Å². The molecule has 4 heteroatoms. The Balaban J connectivity index is 1.83. The maximum absolute atomic E-state index is 11.7. The molecule has 2 aromatic carbocycles. The van der Waals surface area contributed by atoms with Crippen molar-refractivity contribution in [2.45, 2.75) is 57.5 Å². The first-order valence-electron chi connectivity index (χ1n) is 10.5. The van der Waals surface area contributed by atoms with E-state index in [1.807, 2.05) is 36.0 Å². The van der Waals surface area contributed by atoms with Crippen molar-refractivity contribution in [3.8, 4) is 16.9 Å². The summed E-state index contributed by atoms with van der Waals surface area (Å²) in [4.78, 5) is 13.0. The summed E-state index contributed by atoms with van der Waals surface area (Å²) >= 11 is 1.89. The zero-order valence-corrected chi connectivity index (χ0v) is 18.5. The summed E-state index contributed by atoms with van der Waals surface area (Å²) in [5, 5.41) is 0. The van der Waals surface area contributed by atoms with Crippen molar-refractivity contribution in [1.29, 1.82) is 0 Å². The van der Waals surface area contributed by atoms with Crippen molar-refractivity contribution < 1.29 is 14.3 Å². The fourth-order valence-corrected chi connectivity index (χ4v) is 3.60. The standard InChI is InChI=1S/C25H32O3S/c1-4-6-7-8-9-10-19-29-24-17-13-22(14-18-24)21-11-15-23(16-12-21)28-20(3)25(26)27-5-2/h8-9,11-18,20H,4-7,10,19H2,1-3H3/t20-/m1/s1. The monoisotopic (exact) mass is 412 g/mol. The number of carbonyl (C=O) groups excluding carboxylic acids is 1. The van der Waals surface area contributed by atoms with Gasteiger partial charge in [0, 0.05) is 10.6 Å². The zero-order valence-electron chi connectivity index (χ0n) is 17.7. The van der Waals surface area contributed by atoms with Crippen molar-refractivity contribution >= 4 is 17.7 Å². The number of thioether (sulfide) groups is 1. The van der Waals surface area contributed by atoms with Crippen LogP contribution in [0.25, 0.3) is 11.1 Å². The summed E-state index contributed by atoms with van der Waals surface area (Å²) in [6, 6.07) is 16.4. The number of allylic oxidation sites excluding steroid dienone is 2. The van der Waals surface area contributed by atoms with E-state index in [1.165, 1.54) is 29.7 Å². The zero-order chi connectivity index (χ0) is 20.9. The Morgan fingerprint density at radius 3 is 2.21 bits per heavy atom. The number of rotatable bonds is 12. The lowest BCUT2D eigenvalue weighted by atomic mass is 10.1. The van der Waals surface area contributed by atoms with Gasteiger partial charge < -0.3 is 9.47 Å². The molecule has 1 atom stereocenters. The lowest BCUT2D eigenvalue weighted by Crippen LogP contribution is -2.25. The molecule has 0 radical (unpaired) electrons. The highest BCUT2D eigenvalue weighted by molar-refractivity contribution is 7.99. The SMILES string of the molecule is CCCCC=CCCSc1ccc(-c2ccc(O[C@H](C)C(=O)OCC)cc2)cc1. The van der Waals surface area contributed by atoms with Crippen molar-refractivity contribution in [1.82, 2.24) is 0 Å². The first-order chi connectivity index (χ1) is 14.1. The van der Waals surface area contributed by atoms with E-state index in [-0.39, 0.29) is 5.97 Å². The molecule has 0 saturated heterocycles. The Morgan fingerprint density at radius 1 is 0.966 bits per heavy atom. The number of benzene rings is 2. The van der Waals surface area contributed by atoms with Crippen molar-refractivity contribution in [3.05, 3.63) is 60.7 Å². The second-order valence-corrected chi connectivity index (χ2v) is 7.98. The molecule has 0 N–H and O–H groups in total. The summed E-state index contributed by atoms with van der Waals surface area (Å²) in [6.45, 7) is 6.07. The van der Waals surface area contributed by atoms with Gasteiger partial charge in [0.05, 0.1) is 6.61 Å². The van der Waals surface area contributed by atoms with Crippen LogP contribution >= 0.6 is 11.8 Å². The van der Waals surface area contributed by atoms with Gasteiger partial charge in [-0.2, -0.15) is 0 Å². The van der Waals surface area contributed by atoms with E-state index in [4.69, 9.17) is 9.47 Å². The number of ether oxygens (including phenoxy) is 2. The van der Waals surface area contributed by atoms with Gasteiger partial charge in [0.15, 0.2) is 6.10 Å². The molecule has 2 rings (SSSR count). The lowest BCUT2D eigenvalue weighted by Gasteiger charge is -2.13. The second-order valence-electron chi connectivity index (χ2n) is 6.81. The van der Waals surface area contributed by atoms with Gasteiger partial charge in [-0.15, -0.1) is 11.8 Å². The number of esters is 1. The summed E-state index contributed by atoms with van der Waals surface area (Å²) < 4.78 is 10.6. The molecular formula is C25H32O3S. The number of hydrogen-bond acceptors (Lipinski definition) is 4. The minimum absolute atomic E-state index is 0.346. The molecule has 2 aromatic rings. The van der Waals surface area contributed by atoms with Crippen LogP contribution in [0.2, 0.25) is 0 Å². The van der Waals surface area contributed by atoms with Gasteiger partial charge in [0.1, 0.15) is 5.75 Å². The summed E-state index contributed by atoms with van der Waals surface area (Å²) in [7, 11) is 0. The van der Waals surface area contributed by atoms with Crippen LogP contribution in [0.15, 0.2) is 65.6 Å². The fraction of sp³-hybridized carbons (Fsp3) is 0.400. The Morgan fingerprint density at radius 2 is 1.59 bits per heavy atom. The third-order valence-corrected chi connectivity index (χ3v) is 5.46. The van der Waals surface area contributed by atoms with Gasteiger partial charge in [0.25, 0.3) is 0 Å². The first kappa shape index (κ1) is 23.1. The summed E-state index contributed by atoms with van der Waals surface area (Å²) in [5.74, 6) is 1.42. The molecule has 0 heterocycles. The summed E-state index contributed by atoms with van der Waals surface area (Å²) in [6.07, 6.45) is 8.83. The minimum Gasteiger partial charge on any atom is -0.479 e. The second kappa shape index (κ2) is 13.1. The van der Waals surface area contributed by atoms with Crippen LogP contribution in [-0.4, -0.2) is 24.4 Å². The Bertz CT molecular complexity index is 751. The van der Waals surface area contributed by atoms with Crippen LogP contribution in [0.4, 0.5) is 0 Å². The van der Waals surface area contributed by atoms with Crippen molar-refractivity contribution in [2.24, 2.45) is 0 Å². The topological polar surface area (TPSA) is 35.5 Å². The molecule has 0 spiro atoms. The first-order valence-corrected chi connectivity index (χ1v) is 11.4. The normalized spacial score (nSPS) is 12.1. The van der Waals surface area contributed by atoms with Crippen LogP contribution in [0, 0.1) is 0 Å². The molecule has 0 bridgehead atoms. The molecule has 3 nitrogen and oxygen atoms in total. The maximum atomic E-state index is 11.7. The molecule has 156 valence electrons. The predicted molar refractivity (Wildman–Crippen MR) is 123 cm³/mol. The molecule has 0 aliphatic heterocycles. The van der Waals surface area contributed by atoms with E-state index in [2.05, 4.69) is 43.3 Å². The molecule has 0 aromatic heterocycles. The average Bonchev–Trinajstić information content (AvgIpc) is 2.74. The van der Waals surface area contributed by atoms with Crippen LogP contribution in [0.3, 0.4) is 0 Å². The minimum atomic E-state index is -0.612. The summed E-state index contributed by atoms with van der Waals surface area (Å²) in [5.41, 5.74) is 2.29. The number of carbonyl (C=O) groups is 1. The third kappa shape index (κ3) is 8.36. The van der Waals surface area contributed by atoms with Crippen LogP contribution in [0.5, 0.6) is 5.75 Å². The average molecular weight is 413 g/mol. The number of unbranched alkanes of at least 4 members (excludes halogenated alkanes) is 2. The third-order valence-electron chi connectivity index (χ3n) is 4.42. The van der Waals surface area contributed by atoms with Crippen LogP contribution < -0.4 is 4.74 Å². The van der Waals surface area contributed by atoms with E-state index in [0.29, 0.717) is 12.4 Å². The van der Waals surface area contributed by atoms with E-state index in [0.717, 1.165) is 17.7 Å². The molecule has 0 aliphatic carbocycles. The van der Waals surface area contributed by atoms with Crippen molar-refractivity contribution in [2.75, 3.05) is 12.4 Å². The lowest BCUT2D eigenvalue weighted by molar-refractivity contribution is -0.150. The molecule has 29 heavy (non-hydrogen) atoms. The largest absolute Gasteiger partial charge is 0.479 e. The molecule has 0 aliphatic rings. The number of hydrogen-bond donors (Lipinski definition) is 0. The van der Waals surface area contributed by atoms with Gasteiger partial charge in [0.2, 0.25) is 0 Å². The Kier molecular flexibility index (Phi) is 10.4. The van der Waals surface area contributed by atoms with E-state index < -0.39 is 6.10 Å². The molecule has 0 fully saturated rings. The molecule has 0 saturated carbocycles. The highest BCUT2D eigenvalue weighted by Crippen LogP contribution is 2.26. The van der Waals surface area contributed by atoms with Crippen LogP contribution in [0.1, 0.15) is 46.5 Å². The molecule has 0 unspecified atom stereocenters. The highest BCUT2D eigenvalue weighted by Gasteiger charge is 2.15. The maximum Gasteiger partial charge on any atom is 0.347 e. The van der Waals surface area contributed by atoms with Crippen LogP contribution in [-0.2, 0) is 9.53 Å². The van der Waals surface area contributed by atoms with Gasteiger partial charge >= 0.3 is 5.97 Å². The molecule has 0 amide bonds. The van der Waals surface area contributed by atoms with Gasteiger partial charge in [-0.3, -0.25) is 0 Å². The molecular weight excluding hydrogens is 380 g/mol. The van der Waals surface area contributed by atoms with E-state index in [1.54, 1.807) is 13.8 Å². The van der Waals surface area contributed by atoms with Crippen molar-refractivity contribution in [3.63, 3.8) is 0 Å². The quantitative estimate of drug-likeness (QED) is 0.164. The predicted octanol–water partition coefficient (Wildman–Crippen LogP) is 6.91. The van der Waals surface area contributed by atoms with Gasteiger partial charge in [-0.1, -0.05) is 56.2 Å².